The fourth-order valence-electron chi connectivity index (χ4n) is 3.33. The molecular formula is C23H30N2O2S. The van der Waals surface area contributed by atoms with Crippen molar-refractivity contribution in [1.29, 1.82) is 0 Å². The SMILES string of the molecule is CC1CN(Cc2cccc(CNC(=O)C(C)SCc3ccccc3)c2)CCO1. The van der Waals surface area contributed by atoms with Gasteiger partial charge in [0.2, 0.25) is 5.91 Å². The van der Waals surface area contributed by atoms with E-state index in [9.17, 15) is 4.79 Å². The number of hydrogen-bond acceptors (Lipinski definition) is 4. The molecule has 4 nitrogen and oxygen atoms in total. The van der Waals surface area contributed by atoms with Crippen molar-refractivity contribution >= 4 is 17.7 Å². The van der Waals surface area contributed by atoms with E-state index in [0.29, 0.717) is 12.6 Å². The van der Waals surface area contributed by atoms with E-state index >= 15 is 0 Å². The predicted molar refractivity (Wildman–Crippen MR) is 116 cm³/mol. The zero-order valence-electron chi connectivity index (χ0n) is 16.8. The first-order chi connectivity index (χ1) is 13.6. The third-order valence-corrected chi connectivity index (χ3v) is 6.12. The first-order valence-electron chi connectivity index (χ1n) is 9.95. The summed E-state index contributed by atoms with van der Waals surface area (Å²) in [5.74, 6) is 0.941. The number of thioether (sulfide) groups is 1. The number of carbonyl (C=O) groups excluding carboxylic acids is 1. The van der Waals surface area contributed by atoms with Gasteiger partial charge in [0, 0.05) is 31.9 Å². The molecule has 5 heteroatoms. The van der Waals surface area contributed by atoms with E-state index in [1.807, 2.05) is 25.1 Å². The zero-order valence-corrected chi connectivity index (χ0v) is 17.6. The van der Waals surface area contributed by atoms with Crippen molar-refractivity contribution in [2.24, 2.45) is 0 Å². The normalized spacial score (nSPS) is 18.6. The van der Waals surface area contributed by atoms with Crippen molar-refractivity contribution < 1.29 is 9.53 Å². The van der Waals surface area contributed by atoms with Crippen LogP contribution in [0.2, 0.25) is 0 Å². The molecule has 1 aliphatic rings. The first-order valence-corrected chi connectivity index (χ1v) is 11.0. The maximum atomic E-state index is 12.4. The molecule has 0 radical (unpaired) electrons. The van der Waals surface area contributed by atoms with Crippen LogP contribution in [-0.2, 0) is 28.4 Å². The molecule has 0 aliphatic carbocycles. The Hall–Kier alpha value is -1.82. The lowest BCUT2D eigenvalue weighted by atomic mass is 10.1. The van der Waals surface area contributed by atoms with Gasteiger partial charge in [-0.25, -0.2) is 0 Å². The molecule has 1 amide bonds. The third-order valence-electron chi connectivity index (χ3n) is 4.90. The molecule has 0 aromatic heterocycles. The van der Waals surface area contributed by atoms with Crippen LogP contribution in [0, 0.1) is 0 Å². The van der Waals surface area contributed by atoms with Crippen molar-refractivity contribution in [2.75, 3.05) is 19.7 Å². The Morgan fingerprint density at radius 2 is 1.93 bits per heavy atom. The highest BCUT2D eigenvalue weighted by Gasteiger charge is 2.17. The van der Waals surface area contributed by atoms with Gasteiger partial charge in [0.15, 0.2) is 0 Å². The predicted octanol–water partition coefficient (Wildman–Crippen LogP) is 3.85. The molecule has 1 heterocycles. The molecule has 28 heavy (non-hydrogen) atoms. The van der Waals surface area contributed by atoms with Crippen LogP contribution in [0.1, 0.15) is 30.5 Å². The smallest absolute Gasteiger partial charge is 0.233 e. The van der Waals surface area contributed by atoms with Crippen molar-refractivity contribution in [3.8, 4) is 0 Å². The largest absolute Gasteiger partial charge is 0.376 e. The quantitative estimate of drug-likeness (QED) is 0.733. The minimum absolute atomic E-state index is 0.0711. The summed E-state index contributed by atoms with van der Waals surface area (Å²) in [6.45, 7) is 8.34. The monoisotopic (exact) mass is 398 g/mol. The molecule has 0 bridgehead atoms. The molecule has 2 aromatic rings. The Bertz CT molecular complexity index is 753. The van der Waals surface area contributed by atoms with Gasteiger partial charge in [-0.1, -0.05) is 54.6 Å². The van der Waals surface area contributed by atoms with Crippen LogP contribution in [-0.4, -0.2) is 41.9 Å². The summed E-state index contributed by atoms with van der Waals surface area (Å²) < 4.78 is 5.61. The van der Waals surface area contributed by atoms with Crippen LogP contribution in [0.4, 0.5) is 0 Å². The molecule has 2 unspecified atom stereocenters. The second-order valence-electron chi connectivity index (χ2n) is 7.39. The van der Waals surface area contributed by atoms with Gasteiger partial charge in [-0.15, -0.1) is 11.8 Å². The summed E-state index contributed by atoms with van der Waals surface area (Å²) in [5, 5.41) is 3.01. The number of benzene rings is 2. The summed E-state index contributed by atoms with van der Waals surface area (Å²) >= 11 is 1.67. The Balaban J connectivity index is 1.45. The highest BCUT2D eigenvalue weighted by molar-refractivity contribution is 7.99. The van der Waals surface area contributed by atoms with Gasteiger partial charge in [-0.3, -0.25) is 9.69 Å². The lowest BCUT2D eigenvalue weighted by molar-refractivity contribution is -0.120. The summed E-state index contributed by atoms with van der Waals surface area (Å²) in [5.41, 5.74) is 3.68. The Labute approximate surface area is 172 Å². The first kappa shape index (κ1) is 20.9. The Morgan fingerprint density at radius 1 is 1.18 bits per heavy atom. The van der Waals surface area contributed by atoms with E-state index in [2.05, 4.69) is 53.5 Å². The van der Waals surface area contributed by atoms with Crippen LogP contribution >= 0.6 is 11.8 Å². The number of hydrogen-bond donors (Lipinski definition) is 1. The van der Waals surface area contributed by atoms with Gasteiger partial charge in [0.05, 0.1) is 18.0 Å². The molecule has 2 atom stereocenters. The van der Waals surface area contributed by atoms with Gasteiger partial charge in [-0.2, -0.15) is 0 Å². The van der Waals surface area contributed by atoms with Crippen molar-refractivity contribution in [3.63, 3.8) is 0 Å². The standard InChI is InChI=1S/C23H30N2O2S/c1-18-15-25(11-12-27-18)16-22-10-6-9-21(13-22)14-24-23(26)19(2)28-17-20-7-4-3-5-8-20/h3-10,13,18-19H,11-12,14-17H2,1-2H3,(H,24,26). The Morgan fingerprint density at radius 3 is 2.71 bits per heavy atom. The van der Waals surface area contributed by atoms with Gasteiger partial charge in [0.1, 0.15) is 0 Å². The second-order valence-corrected chi connectivity index (χ2v) is 8.72. The molecule has 1 saturated heterocycles. The van der Waals surface area contributed by atoms with Crippen LogP contribution in [0.15, 0.2) is 54.6 Å². The number of ether oxygens (including phenoxy) is 1. The molecule has 0 spiro atoms. The molecular weight excluding hydrogens is 368 g/mol. The number of morpholine rings is 1. The van der Waals surface area contributed by atoms with E-state index in [1.165, 1.54) is 11.1 Å². The van der Waals surface area contributed by atoms with Crippen molar-refractivity contribution in [1.82, 2.24) is 10.2 Å². The minimum atomic E-state index is -0.0711. The summed E-state index contributed by atoms with van der Waals surface area (Å²) in [6, 6.07) is 18.8. The van der Waals surface area contributed by atoms with E-state index in [-0.39, 0.29) is 11.2 Å². The molecule has 2 aromatic carbocycles. The van der Waals surface area contributed by atoms with Gasteiger partial charge in [0.25, 0.3) is 0 Å². The lowest BCUT2D eigenvalue weighted by Crippen LogP contribution is -2.40. The van der Waals surface area contributed by atoms with Gasteiger partial charge >= 0.3 is 0 Å². The number of nitrogens with one attached hydrogen (secondary N) is 1. The number of nitrogens with zero attached hydrogens (tertiary/aromatic N) is 1. The number of rotatable bonds is 8. The third kappa shape index (κ3) is 6.66. The average molecular weight is 399 g/mol. The average Bonchev–Trinajstić information content (AvgIpc) is 2.71. The second kappa shape index (κ2) is 10.6. The molecule has 3 rings (SSSR count). The fourth-order valence-corrected chi connectivity index (χ4v) is 4.20. The fraction of sp³-hybridized carbons (Fsp3) is 0.435. The van der Waals surface area contributed by atoms with Crippen molar-refractivity contribution in [3.05, 3.63) is 71.3 Å². The van der Waals surface area contributed by atoms with E-state index in [0.717, 1.165) is 37.6 Å². The zero-order chi connectivity index (χ0) is 19.8. The molecule has 1 aliphatic heterocycles. The van der Waals surface area contributed by atoms with Crippen LogP contribution in [0.5, 0.6) is 0 Å². The molecule has 1 N–H and O–H groups in total. The maximum Gasteiger partial charge on any atom is 0.233 e. The van der Waals surface area contributed by atoms with Crippen LogP contribution in [0.25, 0.3) is 0 Å². The Kier molecular flexibility index (Phi) is 7.95. The molecule has 0 saturated carbocycles. The van der Waals surface area contributed by atoms with Gasteiger partial charge in [-0.05, 0) is 30.5 Å². The summed E-state index contributed by atoms with van der Waals surface area (Å²) in [4.78, 5) is 14.8. The molecule has 1 fully saturated rings. The van der Waals surface area contributed by atoms with Crippen molar-refractivity contribution in [2.45, 2.75) is 44.0 Å². The van der Waals surface area contributed by atoms with Crippen LogP contribution < -0.4 is 5.32 Å². The van der Waals surface area contributed by atoms with E-state index in [4.69, 9.17) is 4.74 Å². The maximum absolute atomic E-state index is 12.4. The van der Waals surface area contributed by atoms with E-state index in [1.54, 1.807) is 11.8 Å². The topological polar surface area (TPSA) is 41.6 Å². The molecule has 150 valence electrons. The van der Waals surface area contributed by atoms with Gasteiger partial charge < -0.3 is 10.1 Å². The number of carbonyl (C=O) groups is 1. The van der Waals surface area contributed by atoms with Crippen LogP contribution in [0.3, 0.4) is 0 Å². The lowest BCUT2D eigenvalue weighted by Gasteiger charge is -2.31. The van der Waals surface area contributed by atoms with E-state index < -0.39 is 0 Å². The summed E-state index contributed by atoms with van der Waals surface area (Å²) in [6.07, 6.45) is 0.297. The highest BCUT2D eigenvalue weighted by Crippen LogP contribution is 2.18. The number of amides is 1. The minimum Gasteiger partial charge on any atom is -0.376 e. The highest BCUT2D eigenvalue weighted by atomic mass is 32.2. The summed E-state index contributed by atoms with van der Waals surface area (Å²) in [7, 11) is 0.